The third kappa shape index (κ3) is 5.84. The van der Waals surface area contributed by atoms with Gasteiger partial charge in [0.15, 0.2) is 6.73 Å². The van der Waals surface area contributed by atoms with E-state index in [2.05, 4.69) is 56.1 Å². The number of amides is 1. The number of ether oxygens (including phenoxy) is 1. The summed E-state index contributed by atoms with van der Waals surface area (Å²) in [6.07, 6.45) is 7.15. The standard InChI is InChI=1S/C27H30N6O2/c1-28-16-24(26-8-9-30-31-26)17-29-19-35-25-7-6-22-14-20(2-3-23(22)15-25)18-32-10-12-33(13-11-32)27(34)21-4-5-21/h2-3,6-9,14-17,21H,1,4-5,10-13,18-19H2,(H,30,31)/b24-16+,29-17-. The fourth-order valence-corrected chi connectivity index (χ4v) is 4.37. The molecule has 1 saturated heterocycles. The Labute approximate surface area is 205 Å². The van der Waals surface area contributed by atoms with E-state index in [4.69, 9.17) is 4.74 Å². The molecule has 0 atom stereocenters. The lowest BCUT2D eigenvalue weighted by Crippen LogP contribution is -2.48. The van der Waals surface area contributed by atoms with Gasteiger partial charge in [0, 0.05) is 62.8 Å². The Morgan fingerprint density at radius 2 is 1.91 bits per heavy atom. The Morgan fingerprint density at radius 1 is 1.11 bits per heavy atom. The van der Waals surface area contributed by atoms with Crippen molar-refractivity contribution >= 4 is 35.2 Å². The van der Waals surface area contributed by atoms with Crippen molar-refractivity contribution in [2.45, 2.75) is 19.4 Å². The normalized spacial score (nSPS) is 17.3. The van der Waals surface area contributed by atoms with Gasteiger partial charge in [-0.15, -0.1) is 0 Å². The van der Waals surface area contributed by atoms with Crippen LogP contribution in [0.5, 0.6) is 5.75 Å². The molecule has 8 nitrogen and oxygen atoms in total. The number of aromatic nitrogens is 2. The maximum atomic E-state index is 12.3. The molecule has 1 saturated carbocycles. The average molecular weight is 471 g/mol. The van der Waals surface area contributed by atoms with E-state index in [0.717, 1.165) is 68.0 Å². The van der Waals surface area contributed by atoms with Crippen molar-refractivity contribution in [3.63, 3.8) is 0 Å². The Bertz CT molecular complexity index is 1240. The number of H-pyrrole nitrogens is 1. The number of benzene rings is 2. The number of fused-ring (bicyclic) bond motifs is 1. The van der Waals surface area contributed by atoms with Crippen LogP contribution in [0, 0.1) is 5.92 Å². The maximum absolute atomic E-state index is 12.3. The molecular formula is C27H30N6O2. The van der Waals surface area contributed by atoms with Gasteiger partial charge in [-0.3, -0.25) is 24.8 Å². The molecule has 2 aromatic carbocycles. The zero-order valence-electron chi connectivity index (χ0n) is 19.8. The second kappa shape index (κ2) is 10.7. The highest BCUT2D eigenvalue weighted by Crippen LogP contribution is 2.31. The summed E-state index contributed by atoms with van der Waals surface area (Å²) in [5.74, 6) is 1.45. The van der Waals surface area contributed by atoms with E-state index >= 15 is 0 Å². The van der Waals surface area contributed by atoms with E-state index in [9.17, 15) is 4.79 Å². The molecule has 5 rings (SSSR count). The molecule has 0 spiro atoms. The first-order chi connectivity index (χ1) is 17.2. The van der Waals surface area contributed by atoms with E-state index in [-0.39, 0.29) is 6.73 Å². The van der Waals surface area contributed by atoms with E-state index in [1.54, 1.807) is 18.6 Å². The van der Waals surface area contributed by atoms with E-state index < -0.39 is 0 Å². The molecule has 0 bridgehead atoms. The highest BCUT2D eigenvalue weighted by molar-refractivity contribution is 6.08. The lowest BCUT2D eigenvalue weighted by atomic mass is 10.1. The summed E-state index contributed by atoms with van der Waals surface area (Å²) in [4.78, 5) is 24.9. The number of nitrogens with zero attached hydrogens (tertiary/aromatic N) is 5. The Hall–Kier alpha value is -3.78. The van der Waals surface area contributed by atoms with Crippen LogP contribution in [0.1, 0.15) is 24.1 Å². The van der Waals surface area contributed by atoms with Crippen LogP contribution >= 0.6 is 0 Å². The fraction of sp³-hybridized carbons (Fsp3) is 0.333. The Balaban J connectivity index is 1.14. The minimum absolute atomic E-state index is 0.196. The van der Waals surface area contributed by atoms with E-state index in [0.29, 0.717) is 11.8 Å². The number of carbonyl (C=O) groups excluding carboxylic acids is 1. The van der Waals surface area contributed by atoms with Crippen LogP contribution in [0.25, 0.3) is 16.3 Å². The molecule has 180 valence electrons. The van der Waals surface area contributed by atoms with Gasteiger partial charge in [0.2, 0.25) is 5.91 Å². The van der Waals surface area contributed by atoms with Gasteiger partial charge in [0.25, 0.3) is 0 Å². The molecular weight excluding hydrogens is 440 g/mol. The van der Waals surface area contributed by atoms with Gasteiger partial charge >= 0.3 is 0 Å². The van der Waals surface area contributed by atoms with Crippen LogP contribution in [0.3, 0.4) is 0 Å². The van der Waals surface area contributed by atoms with Crippen LogP contribution in [0.2, 0.25) is 0 Å². The Morgan fingerprint density at radius 3 is 2.66 bits per heavy atom. The highest BCUT2D eigenvalue weighted by Gasteiger charge is 2.34. The number of carbonyl (C=O) groups is 1. The van der Waals surface area contributed by atoms with Crippen molar-refractivity contribution in [1.29, 1.82) is 0 Å². The maximum Gasteiger partial charge on any atom is 0.225 e. The molecule has 2 fully saturated rings. The molecule has 0 radical (unpaired) electrons. The molecule has 2 aliphatic rings. The summed E-state index contributed by atoms with van der Waals surface area (Å²) in [6, 6.07) is 14.5. The quantitative estimate of drug-likeness (QED) is 0.483. The van der Waals surface area contributed by atoms with Crippen LogP contribution in [-0.2, 0) is 11.3 Å². The molecule has 1 aromatic heterocycles. The highest BCUT2D eigenvalue weighted by atomic mass is 16.5. The third-order valence-electron chi connectivity index (χ3n) is 6.47. The lowest BCUT2D eigenvalue weighted by molar-refractivity contribution is -0.134. The van der Waals surface area contributed by atoms with Crippen LogP contribution < -0.4 is 4.74 Å². The van der Waals surface area contributed by atoms with Gasteiger partial charge in [-0.2, -0.15) is 5.10 Å². The number of nitrogens with one attached hydrogen (secondary N) is 1. The van der Waals surface area contributed by atoms with Gasteiger partial charge in [-0.25, -0.2) is 0 Å². The summed E-state index contributed by atoms with van der Waals surface area (Å²) in [7, 11) is 0. The van der Waals surface area contributed by atoms with Crippen LogP contribution in [0.15, 0.2) is 64.8 Å². The molecule has 8 heteroatoms. The predicted molar refractivity (Wildman–Crippen MR) is 139 cm³/mol. The van der Waals surface area contributed by atoms with Gasteiger partial charge in [0.05, 0.1) is 5.69 Å². The van der Waals surface area contributed by atoms with Gasteiger partial charge < -0.3 is 9.64 Å². The summed E-state index contributed by atoms with van der Waals surface area (Å²) in [5.41, 5.74) is 2.88. The second-order valence-electron chi connectivity index (χ2n) is 9.04. The molecule has 35 heavy (non-hydrogen) atoms. The number of aliphatic imine (C=N–C) groups is 2. The fourth-order valence-electron chi connectivity index (χ4n) is 4.37. The van der Waals surface area contributed by atoms with Gasteiger partial charge in [0.1, 0.15) is 5.75 Å². The first-order valence-corrected chi connectivity index (χ1v) is 12.0. The zero-order chi connectivity index (χ0) is 24.0. The summed E-state index contributed by atoms with van der Waals surface area (Å²) < 4.78 is 5.82. The number of hydrogen-bond acceptors (Lipinski definition) is 6. The largest absolute Gasteiger partial charge is 0.471 e. The van der Waals surface area contributed by atoms with Crippen LogP contribution in [-0.4, -0.2) is 71.7 Å². The van der Waals surface area contributed by atoms with Crippen LogP contribution in [0.4, 0.5) is 0 Å². The first kappa shape index (κ1) is 23.0. The second-order valence-corrected chi connectivity index (χ2v) is 9.04. The summed E-state index contributed by atoms with van der Waals surface area (Å²) >= 11 is 0. The summed E-state index contributed by atoms with van der Waals surface area (Å²) in [5, 5.41) is 9.15. The minimum atomic E-state index is 0.196. The van der Waals surface area contributed by atoms with Gasteiger partial charge in [-0.05, 0) is 60.2 Å². The van der Waals surface area contributed by atoms with Crippen molar-refractivity contribution in [3.05, 3.63) is 66.1 Å². The summed E-state index contributed by atoms with van der Waals surface area (Å²) in [6.45, 7) is 8.15. The number of piperazine rings is 1. The molecule has 2 heterocycles. The smallest absolute Gasteiger partial charge is 0.225 e. The van der Waals surface area contributed by atoms with Crippen molar-refractivity contribution in [2.75, 3.05) is 32.9 Å². The zero-order valence-corrected chi connectivity index (χ0v) is 19.8. The number of allylic oxidation sites excluding steroid dienone is 1. The van der Waals surface area contributed by atoms with Crippen molar-refractivity contribution in [3.8, 4) is 5.75 Å². The number of hydrogen-bond donors (Lipinski definition) is 1. The van der Waals surface area contributed by atoms with Crippen molar-refractivity contribution < 1.29 is 9.53 Å². The Kier molecular flexibility index (Phi) is 6.99. The molecule has 1 aliphatic heterocycles. The molecule has 1 aliphatic carbocycles. The number of rotatable bonds is 9. The topological polar surface area (TPSA) is 86.2 Å². The van der Waals surface area contributed by atoms with Gasteiger partial charge in [-0.1, -0.05) is 18.2 Å². The molecule has 1 N–H and O–H groups in total. The predicted octanol–water partition coefficient (Wildman–Crippen LogP) is 3.77. The van der Waals surface area contributed by atoms with E-state index in [1.165, 1.54) is 10.9 Å². The SMILES string of the molecule is C=N/C=C(\C=N/COc1ccc2cc(CN3CCN(C(=O)C4CC4)CC3)ccc2c1)c1ccn[nH]1. The van der Waals surface area contributed by atoms with Crippen molar-refractivity contribution in [2.24, 2.45) is 15.9 Å². The third-order valence-corrected chi connectivity index (χ3v) is 6.47. The minimum Gasteiger partial charge on any atom is -0.471 e. The monoisotopic (exact) mass is 470 g/mol. The molecule has 0 unspecified atom stereocenters. The lowest BCUT2D eigenvalue weighted by Gasteiger charge is -2.35. The average Bonchev–Trinajstić information content (AvgIpc) is 3.59. The molecule has 3 aromatic rings. The first-order valence-electron chi connectivity index (χ1n) is 12.0. The van der Waals surface area contributed by atoms with Crippen molar-refractivity contribution in [1.82, 2.24) is 20.0 Å². The van der Waals surface area contributed by atoms with E-state index in [1.807, 2.05) is 23.1 Å². The number of aromatic amines is 1. The molecule has 1 amide bonds.